The van der Waals surface area contributed by atoms with Crippen LogP contribution >= 0.6 is 15.9 Å². The van der Waals surface area contributed by atoms with Gasteiger partial charge in [-0.05, 0) is 37.0 Å². The zero-order valence-corrected chi connectivity index (χ0v) is 13.7. The van der Waals surface area contributed by atoms with E-state index in [-0.39, 0.29) is 0 Å². The van der Waals surface area contributed by atoms with E-state index in [1.807, 2.05) is 7.05 Å². The number of benzene rings is 1. The van der Waals surface area contributed by atoms with E-state index in [4.69, 9.17) is 0 Å². The van der Waals surface area contributed by atoms with Crippen molar-refractivity contribution >= 4 is 28.2 Å². The molecule has 1 aromatic carbocycles. The van der Waals surface area contributed by atoms with Crippen LogP contribution in [0.15, 0.2) is 33.8 Å². The first-order chi connectivity index (χ1) is 9.67. The lowest BCUT2D eigenvalue weighted by molar-refractivity contribution is -0.109. The van der Waals surface area contributed by atoms with Gasteiger partial charge in [-0.1, -0.05) is 35.0 Å². The molecule has 110 valence electrons. The fraction of sp³-hybridized carbons (Fsp3) is 0.467. The quantitative estimate of drug-likeness (QED) is 0.342. The van der Waals surface area contributed by atoms with Gasteiger partial charge in [0.2, 0.25) is 6.41 Å². The molecule has 0 radical (unpaired) electrons. The van der Waals surface area contributed by atoms with Gasteiger partial charge >= 0.3 is 0 Å². The summed E-state index contributed by atoms with van der Waals surface area (Å²) in [4.78, 5) is 12.5. The van der Waals surface area contributed by atoms with Gasteiger partial charge in [0.05, 0.1) is 0 Å². The van der Waals surface area contributed by atoms with Crippen molar-refractivity contribution in [3.05, 3.63) is 34.3 Å². The van der Waals surface area contributed by atoms with E-state index >= 15 is 0 Å². The van der Waals surface area contributed by atoms with Crippen LogP contribution in [0.25, 0.3) is 0 Å². The van der Waals surface area contributed by atoms with Gasteiger partial charge in [-0.2, -0.15) is 5.10 Å². The predicted octanol–water partition coefficient (Wildman–Crippen LogP) is 3.17. The maximum atomic E-state index is 10.4. The summed E-state index contributed by atoms with van der Waals surface area (Å²) in [5, 5.41) is 4.12. The first kappa shape index (κ1) is 16.7. The lowest BCUT2D eigenvalue weighted by atomic mass is 10.1. The van der Waals surface area contributed by atoms with Crippen molar-refractivity contribution in [1.82, 2.24) is 10.3 Å². The van der Waals surface area contributed by atoms with Gasteiger partial charge in [-0.15, -0.1) is 0 Å². The lowest BCUT2D eigenvalue weighted by Crippen LogP contribution is -2.29. The van der Waals surface area contributed by atoms with Crippen molar-refractivity contribution in [1.29, 1.82) is 0 Å². The third-order valence-electron chi connectivity index (χ3n) is 3.03. The van der Waals surface area contributed by atoms with Gasteiger partial charge in [0.1, 0.15) is 5.84 Å². The van der Waals surface area contributed by atoms with Crippen LogP contribution in [0.5, 0.6) is 0 Å². The Bertz CT molecular complexity index is 431. The number of hydrogen-bond acceptors (Lipinski definition) is 2. The molecule has 0 bridgehead atoms. The van der Waals surface area contributed by atoms with Crippen molar-refractivity contribution in [2.75, 3.05) is 13.6 Å². The number of hydrogen-bond donors (Lipinski definition) is 1. The largest absolute Gasteiger partial charge is 0.362 e. The number of carbonyl (C=O) groups excluding carboxylic acids is 1. The van der Waals surface area contributed by atoms with Crippen LogP contribution in [0.2, 0.25) is 0 Å². The highest BCUT2D eigenvalue weighted by molar-refractivity contribution is 9.10. The number of nitrogens with one attached hydrogen (secondary N) is 1. The standard InChI is InChI=1S/C15H22BrN3O/c1-3-11-19(2)15(18-17-12-20)6-4-5-13-7-9-14(16)10-8-13/h7-10,12H,3-6,11H2,1-2H3,(H,17,20)/b18-15-. The Morgan fingerprint density at radius 2 is 2.10 bits per heavy atom. The Labute approximate surface area is 129 Å². The average Bonchev–Trinajstić information content (AvgIpc) is 2.44. The lowest BCUT2D eigenvalue weighted by Gasteiger charge is -2.20. The summed E-state index contributed by atoms with van der Waals surface area (Å²) in [5.74, 6) is 0.927. The fourth-order valence-electron chi connectivity index (χ4n) is 2.00. The van der Waals surface area contributed by atoms with Crippen molar-refractivity contribution in [3.8, 4) is 0 Å². The molecule has 0 spiro atoms. The molecule has 0 aliphatic rings. The van der Waals surface area contributed by atoms with E-state index in [1.165, 1.54) is 5.56 Å². The SMILES string of the molecule is CCCN(C)/C(CCCc1ccc(Br)cc1)=N\NC=O. The van der Waals surface area contributed by atoms with E-state index in [1.54, 1.807) is 0 Å². The first-order valence-electron chi connectivity index (χ1n) is 6.88. The molecule has 0 aromatic heterocycles. The molecule has 5 heteroatoms. The number of halogens is 1. The van der Waals surface area contributed by atoms with Crippen molar-refractivity contribution in [3.63, 3.8) is 0 Å². The van der Waals surface area contributed by atoms with Crippen LogP contribution in [-0.4, -0.2) is 30.7 Å². The molecule has 4 nitrogen and oxygen atoms in total. The minimum atomic E-state index is 0.606. The molecule has 20 heavy (non-hydrogen) atoms. The summed E-state index contributed by atoms with van der Waals surface area (Å²) in [6.07, 6.45) is 4.54. The predicted molar refractivity (Wildman–Crippen MR) is 86.6 cm³/mol. The smallest absolute Gasteiger partial charge is 0.227 e. The second-order valence-electron chi connectivity index (χ2n) is 4.68. The topological polar surface area (TPSA) is 44.7 Å². The van der Waals surface area contributed by atoms with Gasteiger partial charge in [-0.25, -0.2) is 5.43 Å². The molecule has 1 amide bonds. The Morgan fingerprint density at radius 1 is 1.40 bits per heavy atom. The van der Waals surface area contributed by atoms with Gasteiger partial charge < -0.3 is 4.90 Å². The van der Waals surface area contributed by atoms with Crippen molar-refractivity contribution < 1.29 is 4.79 Å². The van der Waals surface area contributed by atoms with Crippen LogP contribution in [0.4, 0.5) is 0 Å². The normalized spacial score (nSPS) is 11.2. The molecular weight excluding hydrogens is 318 g/mol. The molecule has 1 N–H and O–H groups in total. The summed E-state index contributed by atoms with van der Waals surface area (Å²) in [7, 11) is 2.01. The average molecular weight is 340 g/mol. The van der Waals surface area contributed by atoms with E-state index < -0.39 is 0 Å². The number of nitrogens with zero attached hydrogens (tertiary/aromatic N) is 2. The number of hydrazone groups is 1. The molecule has 0 heterocycles. The number of amidine groups is 1. The van der Waals surface area contributed by atoms with E-state index in [0.717, 1.165) is 42.5 Å². The minimum Gasteiger partial charge on any atom is -0.362 e. The number of aryl methyl sites for hydroxylation is 1. The molecule has 0 atom stereocenters. The Hall–Kier alpha value is -1.36. The zero-order valence-electron chi connectivity index (χ0n) is 12.1. The summed E-state index contributed by atoms with van der Waals surface area (Å²) in [6, 6.07) is 8.36. The second kappa shape index (κ2) is 9.53. The van der Waals surface area contributed by atoms with Crippen LogP contribution in [0, 0.1) is 0 Å². The Morgan fingerprint density at radius 3 is 2.70 bits per heavy atom. The van der Waals surface area contributed by atoms with Crippen LogP contribution in [-0.2, 0) is 11.2 Å². The minimum absolute atomic E-state index is 0.606. The number of rotatable bonds is 8. The molecule has 0 aliphatic heterocycles. The number of amides is 1. The maximum absolute atomic E-state index is 10.4. The molecule has 0 unspecified atom stereocenters. The molecule has 1 rings (SSSR count). The Kier molecular flexibility index (Phi) is 7.95. The van der Waals surface area contributed by atoms with Crippen molar-refractivity contribution in [2.45, 2.75) is 32.6 Å². The van der Waals surface area contributed by atoms with E-state index in [9.17, 15) is 4.79 Å². The van der Waals surface area contributed by atoms with Gasteiger partial charge in [0, 0.05) is 24.5 Å². The van der Waals surface area contributed by atoms with Crippen LogP contribution < -0.4 is 5.43 Å². The maximum Gasteiger partial charge on any atom is 0.227 e. The van der Waals surface area contributed by atoms with Gasteiger partial charge in [-0.3, -0.25) is 4.79 Å². The molecule has 1 aromatic rings. The second-order valence-corrected chi connectivity index (χ2v) is 5.59. The van der Waals surface area contributed by atoms with E-state index in [0.29, 0.717) is 6.41 Å². The highest BCUT2D eigenvalue weighted by Crippen LogP contribution is 2.13. The molecule has 0 saturated heterocycles. The van der Waals surface area contributed by atoms with Crippen molar-refractivity contribution in [2.24, 2.45) is 5.10 Å². The molecule has 0 saturated carbocycles. The van der Waals surface area contributed by atoms with Gasteiger partial charge in [0.15, 0.2) is 0 Å². The molecule has 0 fully saturated rings. The van der Waals surface area contributed by atoms with Crippen LogP contribution in [0.3, 0.4) is 0 Å². The monoisotopic (exact) mass is 339 g/mol. The summed E-state index contributed by atoms with van der Waals surface area (Å²) in [5.41, 5.74) is 3.72. The van der Waals surface area contributed by atoms with Crippen LogP contribution in [0.1, 0.15) is 31.7 Å². The fourth-order valence-corrected chi connectivity index (χ4v) is 2.26. The molecular formula is C15H22BrN3O. The summed E-state index contributed by atoms with van der Waals surface area (Å²) in [6.45, 7) is 3.07. The third kappa shape index (κ3) is 6.19. The third-order valence-corrected chi connectivity index (χ3v) is 3.55. The first-order valence-corrected chi connectivity index (χ1v) is 7.68. The number of carbonyl (C=O) groups is 1. The van der Waals surface area contributed by atoms with Gasteiger partial charge in [0.25, 0.3) is 0 Å². The summed E-state index contributed by atoms with van der Waals surface area (Å²) < 4.78 is 1.10. The zero-order chi connectivity index (χ0) is 14.8. The summed E-state index contributed by atoms with van der Waals surface area (Å²) >= 11 is 3.43. The molecule has 0 aliphatic carbocycles. The van der Waals surface area contributed by atoms with E-state index in [2.05, 4.69) is 62.5 Å². The highest BCUT2D eigenvalue weighted by Gasteiger charge is 2.06. The Balaban J connectivity index is 2.49. The highest BCUT2D eigenvalue weighted by atomic mass is 79.9.